The second-order valence-electron chi connectivity index (χ2n) is 6.52. The van der Waals surface area contributed by atoms with Crippen molar-refractivity contribution in [3.63, 3.8) is 0 Å². The van der Waals surface area contributed by atoms with E-state index < -0.39 is 5.41 Å². The van der Waals surface area contributed by atoms with Gasteiger partial charge >= 0.3 is 0 Å². The second kappa shape index (κ2) is 5.58. The molecule has 0 aliphatic carbocycles. The zero-order chi connectivity index (χ0) is 18.8. The Kier molecular flexibility index (Phi) is 3.38. The molecule has 0 bridgehead atoms. The Bertz CT molecular complexity index is 1140. The van der Waals surface area contributed by atoms with Gasteiger partial charge in [-0.05, 0) is 24.3 Å². The van der Waals surface area contributed by atoms with Crippen LogP contribution in [0.1, 0.15) is 17.5 Å². The molecule has 2 amide bonds. The minimum Gasteiger partial charge on any atom is -0.325 e. The molecule has 2 aromatic carbocycles. The van der Waals surface area contributed by atoms with E-state index in [4.69, 9.17) is 23.2 Å². The van der Waals surface area contributed by atoms with Gasteiger partial charge in [0, 0.05) is 28.3 Å². The highest BCUT2D eigenvalue weighted by Crippen LogP contribution is 2.52. The highest BCUT2D eigenvalue weighted by Gasteiger charge is 2.55. The molecule has 0 unspecified atom stereocenters. The van der Waals surface area contributed by atoms with Crippen LogP contribution < -0.4 is 10.6 Å². The van der Waals surface area contributed by atoms with Crippen molar-refractivity contribution in [2.24, 2.45) is 0 Å². The lowest BCUT2D eigenvalue weighted by atomic mass is 9.72. The maximum absolute atomic E-state index is 13.1. The molecule has 0 saturated carbocycles. The second-order valence-corrected chi connectivity index (χ2v) is 7.33. The van der Waals surface area contributed by atoms with Crippen LogP contribution in [0.5, 0.6) is 0 Å². The molecule has 27 heavy (non-hydrogen) atoms. The van der Waals surface area contributed by atoms with Crippen LogP contribution in [0.3, 0.4) is 0 Å². The summed E-state index contributed by atoms with van der Waals surface area (Å²) in [4.78, 5) is 25.7. The minimum absolute atomic E-state index is 0.0449. The highest BCUT2D eigenvalue weighted by atomic mass is 35.5. The Morgan fingerprint density at radius 1 is 1.00 bits per heavy atom. The summed E-state index contributed by atoms with van der Waals surface area (Å²) >= 11 is 12.8. The number of benzene rings is 2. The minimum atomic E-state index is -1.22. The van der Waals surface area contributed by atoms with Gasteiger partial charge in [-0.25, -0.2) is 4.68 Å². The van der Waals surface area contributed by atoms with Crippen molar-refractivity contribution in [1.82, 2.24) is 9.78 Å². The van der Waals surface area contributed by atoms with Crippen molar-refractivity contribution in [2.45, 2.75) is 11.8 Å². The number of halogens is 2. The van der Waals surface area contributed by atoms with Gasteiger partial charge < -0.3 is 10.6 Å². The van der Waals surface area contributed by atoms with Crippen molar-refractivity contribution < 1.29 is 9.59 Å². The van der Waals surface area contributed by atoms with Crippen LogP contribution in [0.4, 0.5) is 11.5 Å². The molecule has 0 saturated heterocycles. The number of hydrogen-bond acceptors (Lipinski definition) is 3. The number of fused-ring (bicyclic) bond motifs is 4. The summed E-state index contributed by atoms with van der Waals surface area (Å²) in [6.45, 7) is 0. The van der Waals surface area contributed by atoms with Crippen LogP contribution in [0.15, 0.2) is 48.7 Å². The summed E-state index contributed by atoms with van der Waals surface area (Å²) in [6.07, 6.45) is 1.55. The normalized spacial score (nSPS) is 20.2. The van der Waals surface area contributed by atoms with Gasteiger partial charge in [-0.2, -0.15) is 5.10 Å². The van der Waals surface area contributed by atoms with E-state index in [-0.39, 0.29) is 18.2 Å². The number of para-hydroxylation sites is 1. The van der Waals surface area contributed by atoms with Gasteiger partial charge in [0.1, 0.15) is 11.2 Å². The highest BCUT2D eigenvalue weighted by molar-refractivity contribution is 6.34. The Morgan fingerprint density at radius 3 is 2.59 bits per heavy atom. The first-order chi connectivity index (χ1) is 13.0. The fourth-order valence-corrected chi connectivity index (χ4v) is 4.48. The molecule has 2 aliphatic heterocycles. The lowest BCUT2D eigenvalue weighted by Crippen LogP contribution is -2.43. The van der Waals surface area contributed by atoms with Gasteiger partial charge in [-0.3, -0.25) is 9.59 Å². The number of nitrogens with one attached hydrogen (secondary N) is 2. The first-order valence-corrected chi connectivity index (χ1v) is 9.01. The number of amides is 2. The average molecular weight is 399 g/mol. The number of carbonyl (C=O) groups excluding carboxylic acids is 2. The molecule has 3 aromatic rings. The Hall–Kier alpha value is -2.83. The quantitative estimate of drug-likeness (QED) is 0.654. The van der Waals surface area contributed by atoms with Gasteiger partial charge in [0.05, 0.1) is 16.9 Å². The molecule has 5 rings (SSSR count). The maximum atomic E-state index is 13.1. The number of nitrogens with zero attached hydrogens (tertiary/aromatic N) is 2. The van der Waals surface area contributed by atoms with E-state index in [9.17, 15) is 9.59 Å². The predicted molar refractivity (Wildman–Crippen MR) is 103 cm³/mol. The van der Waals surface area contributed by atoms with E-state index in [1.54, 1.807) is 41.2 Å². The van der Waals surface area contributed by atoms with Gasteiger partial charge in [0.2, 0.25) is 11.8 Å². The number of rotatable bonds is 1. The maximum Gasteiger partial charge on any atom is 0.240 e. The topological polar surface area (TPSA) is 76.0 Å². The number of carbonyl (C=O) groups is 2. The van der Waals surface area contributed by atoms with Crippen molar-refractivity contribution in [3.05, 3.63) is 69.8 Å². The third kappa shape index (κ3) is 2.11. The molecular formula is C19H12Cl2N4O2. The fourth-order valence-electron chi connectivity index (χ4n) is 3.93. The fraction of sp³-hybridized carbons (Fsp3) is 0.105. The van der Waals surface area contributed by atoms with Crippen molar-refractivity contribution in [1.29, 1.82) is 0 Å². The molecule has 8 heteroatoms. The Labute approximate surface area is 164 Å². The Morgan fingerprint density at radius 2 is 1.78 bits per heavy atom. The van der Waals surface area contributed by atoms with Gasteiger partial charge in [0.25, 0.3) is 0 Å². The number of aromatic nitrogens is 2. The summed E-state index contributed by atoms with van der Waals surface area (Å²) < 4.78 is 1.54. The van der Waals surface area contributed by atoms with E-state index in [1.165, 1.54) is 0 Å². The Balaban J connectivity index is 1.81. The first-order valence-electron chi connectivity index (χ1n) is 8.26. The molecule has 2 N–H and O–H groups in total. The molecule has 0 fully saturated rings. The molecular weight excluding hydrogens is 387 g/mol. The lowest BCUT2D eigenvalue weighted by Gasteiger charge is -2.32. The van der Waals surface area contributed by atoms with Gasteiger partial charge in [0.15, 0.2) is 0 Å². The summed E-state index contributed by atoms with van der Waals surface area (Å²) in [6, 6.07) is 12.4. The van der Waals surface area contributed by atoms with Crippen molar-refractivity contribution in [3.8, 4) is 5.69 Å². The van der Waals surface area contributed by atoms with Gasteiger partial charge in [-0.1, -0.05) is 41.4 Å². The van der Waals surface area contributed by atoms with Crippen molar-refractivity contribution >= 4 is 46.5 Å². The molecule has 3 heterocycles. The van der Waals surface area contributed by atoms with Crippen LogP contribution in [-0.2, 0) is 15.0 Å². The van der Waals surface area contributed by atoms with E-state index in [0.29, 0.717) is 38.4 Å². The number of anilines is 2. The third-order valence-corrected chi connectivity index (χ3v) is 5.70. The van der Waals surface area contributed by atoms with Crippen LogP contribution in [0.2, 0.25) is 10.0 Å². The van der Waals surface area contributed by atoms with Crippen LogP contribution in [-0.4, -0.2) is 21.6 Å². The van der Waals surface area contributed by atoms with Crippen molar-refractivity contribution in [2.75, 3.05) is 10.6 Å². The molecule has 134 valence electrons. The average Bonchev–Trinajstić information content (AvgIpc) is 3.16. The SMILES string of the molecule is O=C1C[C@]2(C(=O)Nc3cccc(Cl)c32)c2cnn(-c3ccccc3Cl)c2N1. The molecule has 1 atom stereocenters. The van der Waals surface area contributed by atoms with E-state index in [1.807, 2.05) is 12.1 Å². The van der Waals surface area contributed by atoms with Crippen LogP contribution >= 0.6 is 23.2 Å². The van der Waals surface area contributed by atoms with Crippen LogP contribution in [0.25, 0.3) is 5.69 Å². The summed E-state index contributed by atoms with van der Waals surface area (Å²) in [7, 11) is 0. The standard InChI is InChI=1S/C19H12Cl2N4O2/c20-11-4-1-2-7-14(11)25-17-10(9-22-25)19(8-15(26)24-17)16-12(21)5-3-6-13(16)23-18(19)27/h1-7,9H,8H2,(H,23,27)(H,24,26)/t19-/m0/s1. The lowest BCUT2D eigenvalue weighted by molar-refractivity contribution is -0.125. The zero-order valence-electron chi connectivity index (χ0n) is 13.8. The van der Waals surface area contributed by atoms with Crippen LogP contribution in [0, 0.1) is 0 Å². The largest absolute Gasteiger partial charge is 0.325 e. The molecule has 1 spiro atoms. The summed E-state index contributed by atoms with van der Waals surface area (Å²) in [5, 5.41) is 11.0. The first kappa shape index (κ1) is 16.4. The monoisotopic (exact) mass is 398 g/mol. The van der Waals surface area contributed by atoms with Gasteiger partial charge in [-0.15, -0.1) is 0 Å². The molecule has 1 aromatic heterocycles. The van der Waals surface area contributed by atoms with E-state index in [2.05, 4.69) is 15.7 Å². The summed E-state index contributed by atoms with van der Waals surface area (Å²) in [5.74, 6) is -0.165. The zero-order valence-corrected chi connectivity index (χ0v) is 15.3. The molecule has 0 radical (unpaired) electrons. The van der Waals surface area contributed by atoms with E-state index in [0.717, 1.165) is 0 Å². The molecule has 6 nitrogen and oxygen atoms in total. The molecule has 2 aliphatic rings. The van der Waals surface area contributed by atoms with E-state index >= 15 is 0 Å². The smallest absolute Gasteiger partial charge is 0.240 e. The predicted octanol–water partition coefficient (Wildman–Crippen LogP) is 3.76. The summed E-state index contributed by atoms with van der Waals surface area (Å²) in [5.41, 5.74) is 1.19. The third-order valence-electron chi connectivity index (χ3n) is 5.07. The number of hydrogen-bond donors (Lipinski definition) is 2.